The first-order chi connectivity index (χ1) is 12.2. The lowest BCUT2D eigenvalue weighted by molar-refractivity contribution is -0.0899. The minimum atomic E-state index is -0.753. The van der Waals surface area contributed by atoms with Gasteiger partial charge in [0, 0.05) is 26.0 Å². The van der Waals surface area contributed by atoms with Crippen LogP contribution in [0.4, 0.5) is 0 Å². The molecule has 1 aliphatic heterocycles. The van der Waals surface area contributed by atoms with Gasteiger partial charge in [0.25, 0.3) is 5.91 Å². The van der Waals surface area contributed by atoms with E-state index in [1.165, 1.54) is 0 Å². The van der Waals surface area contributed by atoms with Gasteiger partial charge in [-0.05, 0) is 18.2 Å². The number of para-hydroxylation sites is 1. The van der Waals surface area contributed by atoms with E-state index >= 15 is 0 Å². The molecule has 7 heteroatoms. The highest BCUT2D eigenvalue weighted by molar-refractivity contribution is 5.90. The fourth-order valence-electron chi connectivity index (χ4n) is 2.63. The molecule has 3 rings (SSSR count). The third-order valence-corrected chi connectivity index (χ3v) is 4.07. The standard InChI is InChI=1S/C18H21N3O4/c1-23-18(14-25-15-6-3-2-4-7-15)12-21(10-11-24-13-18)17(22)16-19-8-5-9-20-16/h2-9H,10-14H2,1H3/t18-/m0/s1. The first kappa shape index (κ1) is 17.3. The van der Waals surface area contributed by atoms with E-state index in [-0.39, 0.29) is 18.3 Å². The molecule has 0 saturated carbocycles. The molecule has 1 atom stereocenters. The zero-order chi connectivity index (χ0) is 17.5. The van der Waals surface area contributed by atoms with Crippen LogP contribution in [0.2, 0.25) is 0 Å². The van der Waals surface area contributed by atoms with Gasteiger partial charge in [0.15, 0.2) is 0 Å². The number of carbonyl (C=O) groups is 1. The molecule has 1 amide bonds. The predicted octanol–water partition coefficient (Wildman–Crippen LogP) is 1.41. The normalized spacial score (nSPS) is 20.8. The molecule has 1 fully saturated rings. The van der Waals surface area contributed by atoms with Crippen LogP contribution in [0.15, 0.2) is 48.8 Å². The van der Waals surface area contributed by atoms with Gasteiger partial charge in [0.05, 0.1) is 19.8 Å². The summed E-state index contributed by atoms with van der Waals surface area (Å²) < 4.78 is 17.2. The molecule has 1 aromatic heterocycles. The predicted molar refractivity (Wildman–Crippen MR) is 90.4 cm³/mol. The van der Waals surface area contributed by atoms with Crippen LogP contribution < -0.4 is 4.74 Å². The molecule has 2 heterocycles. The van der Waals surface area contributed by atoms with Gasteiger partial charge in [-0.25, -0.2) is 9.97 Å². The number of hydrogen-bond donors (Lipinski definition) is 0. The van der Waals surface area contributed by atoms with Crippen LogP contribution in [-0.2, 0) is 9.47 Å². The number of benzene rings is 1. The van der Waals surface area contributed by atoms with Crippen molar-refractivity contribution in [2.75, 3.05) is 40.0 Å². The summed E-state index contributed by atoms with van der Waals surface area (Å²) in [6.45, 7) is 1.83. The minimum Gasteiger partial charge on any atom is -0.490 e. The molecule has 0 unspecified atom stereocenters. The lowest BCUT2D eigenvalue weighted by Gasteiger charge is -2.33. The molecule has 1 aromatic carbocycles. The SMILES string of the molecule is CO[C@]1(COc2ccccc2)COCCN(C(=O)c2ncccn2)C1. The number of rotatable bonds is 5. The Morgan fingerprint density at radius 3 is 2.72 bits per heavy atom. The molecule has 1 saturated heterocycles. The Kier molecular flexibility index (Phi) is 5.57. The summed E-state index contributed by atoms with van der Waals surface area (Å²) in [5.41, 5.74) is -0.753. The van der Waals surface area contributed by atoms with E-state index in [0.717, 1.165) is 5.75 Å². The van der Waals surface area contributed by atoms with Crippen molar-refractivity contribution in [3.05, 3.63) is 54.6 Å². The Bertz CT molecular complexity index is 683. The molecule has 0 bridgehead atoms. The summed E-state index contributed by atoms with van der Waals surface area (Å²) in [4.78, 5) is 22.4. The maximum Gasteiger partial charge on any atom is 0.291 e. The highest BCUT2D eigenvalue weighted by atomic mass is 16.6. The van der Waals surface area contributed by atoms with Crippen LogP contribution in [0, 0.1) is 0 Å². The summed E-state index contributed by atoms with van der Waals surface area (Å²) in [6, 6.07) is 11.2. The number of aromatic nitrogens is 2. The van der Waals surface area contributed by atoms with Crippen LogP contribution >= 0.6 is 0 Å². The van der Waals surface area contributed by atoms with Gasteiger partial charge in [-0.2, -0.15) is 0 Å². The second kappa shape index (κ2) is 8.04. The third-order valence-electron chi connectivity index (χ3n) is 4.07. The molecule has 0 radical (unpaired) electrons. The van der Waals surface area contributed by atoms with E-state index < -0.39 is 5.60 Å². The van der Waals surface area contributed by atoms with Crippen molar-refractivity contribution in [3.63, 3.8) is 0 Å². The second-order valence-electron chi connectivity index (χ2n) is 5.84. The number of ether oxygens (including phenoxy) is 3. The van der Waals surface area contributed by atoms with Gasteiger partial charge < -0.3 is 19.1 Å². The molecule has 0 aliphatic carbocycles. The fourth-order valence-corrected chi connectivity index (χ4v) is 2.63. The molecule has 7 nitrogen and oxygen atoms in total. The van der Waals surface area contributed by atoms with Crippen molar-refractivity contribution < 1.29 is 19.0 Å². The largest absolute Gasteiger partial charge is 0.490 e. The van der Waals surface area contributed by atoms with Crippen LogP contribution in [0.3, 0.4) is 0 Å². The van der Waals surface area contributed by atoms with E-state index in [0.29, 0.717) is 26.3 Å². The number of methoxy groups -OCH3 is 1. The van der Waals surface area contributed by atoms with Crippen molar-refractivity contribution >= 4 is 5.91 Å². The second-order valence-corrected chi connectivity index (χ2v) is 5.84. The number of nitrogens with zero attached hydrogens (tertiary/aromatic N) is 3. The molecular weight excluding hydrogens is 322 g/mol. The molecule has 0 N–H and O–H groups in total. The van der Waals surface area contributed by atoms with Crippen molar-refractivity contribution in [1.29, 1.82) is 0 Å². The van der Waals surface area contributed by atoms with E-state index in [1.807, 2.05) is 30.3 Å². The van der Waals surface area contributed by atoms with Gasteiger partial charge in [-0.15, -0.1) is 0 Å². The Hall–Kier alpha value is -2.51. The third kappa shape index (κ3) is 4.32. The highest BCUT2D eigenvalue weighted by Crippen LogP contribution is 2.20. The molecule has 0 spiro atoms. The summed E-state index contributed by atoms with van der Waals surface area (Å²) >= 11 is 0. The van der Waals surface area contributed by atoms with E-state index in [9.17, 15) is 4.79 Å². The lowest BCUT2D eigenvalue weighted by atomic mass is 10.1. The van der Waals surface area contributed by atoms with Gasteiger partial charge in [0.1, 0.15) is 18.0 Å². The quantitative estimate of drug-likeness (QED) is 0.817. The molecule has 132 valence electrons. The summed E-state index contributed by atoms with van der Waals surface area (Å²) in [6.07, 6.45) is 3.10. The van der Waals surface area contributed by atoms with Crippen LogP contribution in [0.5, 0.6) is 5.75 Å². The zero-order valence-electron chi connectivity index (χ0n) is 14.1. The molecule has 2 aromatic rings. The smallest absolute Gasteiger partial charge is 0.291 e. The number of carbonyl (C=O) groups excluding carboxylic acids is 1. The molecule has 1 aliphatic rings. The summed E-state index contributed by atoms with van der Waals surface area (Å²) in [5, 5.41) is 0. The Balaban J connectivity index is 1.73. The number of amides is 1. The van der Waals surface area contributed by atoms with Gasteiger partial charge >= 0.3 is 0 Å². The molecular formula is C18H21N3O4. The average Bonchev–Trinajstić information content (AvgIpc) is 2.91. The minimum absolute atomic E-state index is 0.165. The Labute approximate surface area is 146 Å². The zero-order valence-corrected chi connectivity index (χ0v) is 14.1. The number of hydrogen-bond acceptors (Lipinski definition) is 6. The van der Waals surface area contributed by atoms with Crippen LogP contribution in [0.1, 0.15) is 10.6 Å². The maximum absolute atomic E-state index is 12.7. The summed E-state index contributed by atoms with van der Waals surface area (Å²) in [7, 11) is 1.60. The monoisotopic (exact) mass is 343 g/mol. The van der Waals surface area contributed by atoms with Gasteiger partial charge in [-0.3, -0.25) is 4.79 Å². The van der Waals surface area contributed by atoms with E-state index in [2.05, 4.69) is 9.97 Å². The van der Waals surface area contributed by atoms with E-state index in [1.54, 1.807) is 30.5 Å². The first-order valence-electron chi connectivity index (χ1n) is 8.09. The van der Waals surface area contributed by atoms with Crippen molar-refractivity contribution in [3.8, 4) is 5.75 Å². The lowest BCUT2D eigenvalue weighted by Crippen LogP contribution is -2.52. The van der Waals surface area contributed by atoms with Crippen LogP contribution in [0.25, 0.3) is 0 Å². The van der Waals surface area contributed by atoms with Gasteiger partial charge in [-0.1, -0.05) is 18.2 Å². The Morgan fingerprint density at radius 2 is 2.00 bits per heavy atom. The first-order valence-corrected chi connectivity index (χ1v) is 8.09. The van der Waals surface area contributed by atoms with Crippen LogP contribution in [-0.4, -0.2) is 66.4 Å². The Morgan fingerprint density at radius 1 is 1.24 bits per heavy atom. The van der Waals surface area contributed by atoms with Crippen molar-refractivity contribution in [1.82, 2.24) is 14.9 Å². The maximum atomic E-state index is 12.7. The molecule has 25 heavy (non-hydrogen) atoms. The van der Waals surface area contributed by atoms with Crippen molar-refractivity contribution in [2.45, 2.75) is 5.60 Å². The van der Waals surface area contributed by atoms with E-state index in [4.69, 9.17) is 14.2 Å². The average molecular weight is 343 g/mol. The van der Waals surface area contributed by atoms with Gasteiger partial charge in [0.2, 0.25) is 5.82 Å². The highest BCUT2D eigenvalue weighted by Gasteiger charge is 2.38. The fraction of sp³-hybridized carbons (Fsp3) is 0.389. The topological polar surface area (TPSA) is 73.8 Å². The van der Waals surface area contributed by atoms with Crippen molar-refractivity contribution in [2.24, 2.45) is 0 Å². The summed E-state index contributed by atoms with van der Waals surface area (Å²) in [5.74, 6) is 0.665.